The number of hydrogen-bond acceptors (Lipinski definition) is 5. The number of carbonyl (C=O) groups excluding carboxylic acids is 2. The maximum absolute atomic E-state index is 10.1. The average molecular weight is 240 g/mol. The third-order valence-corrected chi connectivity index (χ3v) is 2.87. The minimum atomic E-state index is -0.0763. The van der Waals surface area contributed by atoms with E-state index in [0.717, 1.165) is 25.7 Å². The van der Waals surface area contributed by atoms with Gasteiger partial charge in [-0.2, -0.15) is 0 Å². The Morgan fingerprint density at radius 2 is 1.47 bits per heavy atom. The Morgan fingerprint density at radius 1 is 1.06 bits per heavy atom. The van der Waals surface area contributed by atoms with Crippen molar-refractivity contribution in [3.05, 3.63) is 0 Å². The lowest BCUT2D eigenvalue weighted by molar-refractivity contribution is 0.210. The highest BCUT2D eigenvalue weighted by Gasteiger charge is 2.31. The highest BCUT2D eigenvalue weighted by Crippen LogP contribution is 2.36. The summed E-state index contributed by atoms with van der Waals surface area (Å²) in [6.07, 6.45) is 8.56. The fourth-order valence-electron chi connectivity index (χ4n) is 2.07. The molecule has 1 saturated carbocycles. The zero-order chi connectivity index (χ0) is 13.0. The van der Waals surface area contributed by atoms with Gasteiger partial charge in [0.05, 0.1) is 13.1 Å². The molecule has 1 aliphatic carbocycles. The minimum Gasteiger partial charge on any atom is -0.397 e. The quantitative estimate of drug-likeness (QED) is 0.599. The summed E-state index contributed by atoms with van der Waals surface area (Å²) in [7, 11) is 0. The van der Waals surface area contributed by atoms with Gasteiger partial charge in [-0.3, -0.25) is 0 Å². The summed E-state index contributed by atoms with van der Waals surface area (Å²) in [4.78, 5) is 27.4. The summed E-state index contributed by atoms with van der Waals surface area (Å²) in [6, 6.07) is 0. The van der Waals surface area contributed by atoms with Crippen LogP contribution in [0.5, 0.6) is 0 Å². The SMILES string of the molecule is CCO.O=C=NCC1(CN=C=O)CCCCC1. The van der Waals surface area contributed by atoms with Gasteiger partial charge in [-0.1, -0.05) is 19.3 Å². The van der Waals surface area contributed by atoms with E-state index in [2.05, 4.69) is 9.98 Å². The van der Waals surface area contributed by atoms with E-state index >= 15 is 0 Å². The molecule has 0 aromatic rings. The highest BCUT2D eigenvalue weighted by molar-refractivity contribution is 5.34. The van der Waals surface area contributed by atoms with Gasteiger partial charge in [-0.15, -0.1) is 0 Å². The van der Waals surface area contributed by atoms with E-state index in [1.165, 1.54) is 6.42 Å². The Kier molecular flexibility index (Phi) is 9.17. The third-order valence-electron chi connectivity index (χ3n) is 2.87. The Labute approximate surface area is 102 Å². The Balaban J connectivity index is 0.000000770. The Hall–Kier alpha value is -1.28. The molecule has 1 rings (SSSR count). The van der Waals surface area contributed by atoms with E-state index in [9.17, 15) is 9.59 Å². The van der Waals surface area contributed by atoms with Crippen LogP contribution in [-0.2, 0) is 9.59 Å². The average Bonchev–Trinajstić information content (AvgIpc) is 2.36. The molecule has 0 spiro atoms. The molecule has 0 bridgehead atoms. The molecule has 0 radical (unpaired) electrons. The first kappa shape index (κ1) is 15.7. The molecule has 0 aliphatic heterocycles. The highest BCUT2D eigenvalue weighted by atomic mass is 16.2. The van der Waals surface area contributed by atoms with E-state index in [4.69, 9.17) is 5.11 Å². The number of hydrogen-bond donors (Lipinski definition) is 1. The van der Waals surface area contributed by atoms with Gasteiger partial charge in [0.15, 0.2) is 0 Å². The standard InChI is InChI=1S/C10H14N2O2.C2H6O/c13-8-11-6-10(7-12-9-14)4-2-1-3-5-10;1-2-3/h1-7H2;3H,2H2,1H3. The van der Waals surface area contributed by atoms with Crippen LogP contribution in [0.3, 0.4) is 0 Å². The summed E-state index contributed by atoms with van der Waals surface area (Å²) in [5.74, 6) is 0. The van der Waals surface area contributed by atoms with Gasteiger partial charge in [-0.05, 0) is 19.8 Å². The van der Waals surface area contributed by atoms with Gasteiger partial charge in [0.2, 0.25) is 12.2 Å². The van der Waals surface area contributed by atoms with Crippen molar-refractivity contribution in [2.75, 3.05) is 19.7 Å². The first-order valence-electron chi connectivity index (χ1n) is 5.93. The minimum absolute atomic E-state index is 0.0763. The predicted octanol–water partition coefficient (Wildman–Crippen LogP) is 1.61. The van der Waals surface area contributed by atoms with Crippen molar-refractivity contribution in [2.45, 2.75) is 39.0 Å². The molecule has 0 amide bonds. The molecule has 1 N–H and O–H groups in total. The van der Waals surface area contributed by atoms with Crippen LogP contribution >= 0.6 is 0 Å². The number of aliphatic imine (C=N–C) groups is 2. The molecular weight excluding hydrogens is 220 g/mol. The normalized spacial score (nSPS) is 16.8. The van der Waals surface area contributed by atoms with Crippen molar-refractivity contribution in [3.8, 4) is 0 Å². The first-order chi connectivity index (χ1) is 8.24. The van der Waals surface area contributed by atoms with Crippen LogP contribution in [0.4, 0.5) is 0 Å². The van der Waals surface area contributed by atoms with E-state index in [-0.39, 0.29) is 12.0 Å². The number of aliphatic hydroxyl groups excluding tert-OH is 1. The van der Waals surface area contributed by atoms with Crippen molar-refractivity contribution < 1.29 is 14.7 Å². The second-order valence-electron chi connectivity index (χ2n) is 4.19. The van der Waals surface area contributed by atoms with Gasteiger partial charge < -0.3 is 5.11 Å². The molecule has 1 aliphatic rings. The molecule has 1 fully saturated rings. The Morgan fingerprint density at radius 3 is 1.82 bits per heavy atom. The van der Waals surface area contributed by atoms with Crippen LogP contribution in [0.2, 0.25) is 0 Å². The molecule has 5 nitrogen and oxygen atoms in total. The van der Waals surface area contributed by atoms with Crippen LogP contribution < -0.4 is 0 Å². The molecule has 0 aromatic carbocycles. The number of isocyanates is 2. The largest absolute Gasteiger partial charge is 0.397 e. The summed E-state index contributed by atoms with van der Waals surface area (Å²) < 4.78 is 0. The molecule has 17 heavy (non-hydrogen) atoms. The third kappa shape index (κ3) is 6.80. The van der Waals surface area contributed by atoms with Gasteiger partial charge in [-0.25, -0.2) is 19.6 Å². The first-order valence-corrected chi connectivity index (χ1v) is 5.93. The van der Waals surface area contributed by atoms with Crippen molar-refractivity contribution >= 4 is 12.2 Å². The molecule has 0 heterocycles. The fourth-order valence-corrected chi connectivity index (χ4v) is 2.07. The fraction of sp³-hybridized carbons (Fsp3) is 0.833. The van der Waals surface area contributed by atoms with Gasteiger partial charge in [0, 0.05) is 12.0 Å². The number of aliphatic hydroxyl groups is 1. The maximum Gasteiger partial charge on any atom is 0.234 e. The topological polar surface area (TPSA) is 79.1 Å². The number of nitrogens with zero attached hydrogens (tertiary/aromatic N) is 2. The van der Waals surface area contributed by atoms with Crippen LogP contribution in [0.1, 0.15) is 39.0 Å². The van der Waals surface area contributed by atoms with Gasteiger partial charge >= 0.3 is 0 Å². The molecule has 96 valence electrons. The maximum atomic E-state index is 10.1. The van der Waals surface area contributed by atoms with Crippen molar-refractivity contribution in [3.63, 3.8) is 0 Å². The van der Waals surface area contributed by atoms with Crippen LogP contribution in [0, 0.1) is 5.41 Å². The lowest BCUT2D eigenvalue weighted by Crippen LogP contribution is -2.30. The lowest BCUT2D eigenvalue weighted by atomic mass is 9.74. The summed E-state index contributed by atoms with van der Waals surface area (Å²) in [5, 5.41) is 7.57. The smallest absolute Gasteiger partial charge is 0.234 e. The summed E-state index contributed by atoms with van der Waals surface area (Å²) in [6.45, 7) is 2.82. The molecule has 0 atom stereocenters. The van der Waals surface area contributed by atoms with Gasteiger partial charge in [0.25, 0.3) is 0 Å². The number of rotatable bonds is 4. The predicted molar refractivity (Wildman–Crippen MR) is 64.3 cm³/mol. The van der Waals surface area contributed by atoms with Crippen LogP contribution in [0.25, 0.3) is 0 Å². The van der Waals surface area contributed by atoms with Crippen LogP contribution in [-0.4, -0.2) is 37.0 Å². The molecule has 0 unspecified atom stereocenters. The zero-order valence-electron chi connectivity index (χ0n) is 10.3. The van der Waals surface area contributed by atoms with E-state index < -0.39 is 0 Å². The summed E-state index contributed by atoms with van der Waals surface area (Å²) >= 11 is 0. The van der Waals surface area contributed by atoms with E-state index in [0.29, 0.717) is 13.1 Å². The molecule has 0 saturated heterocycles. The summed E-state index contributed by atoms with van der Waals surface area (Å²) in [5.41, 5.74) is -0.0763. The van der Waals surface area contributed by atoms with E-state index in [1.807, 2.05) is 0 Å². The molecule has 0 aromatic heterocycles. The second kappa shape index (κ2) is 9.91. The van der Waals surface area contributed by atoms with Crippen molar-refractivity contribution in [2.24, 2.45) is 15.4 Å². The monoisotopic (exact) mass is 240 g/mol. The van der Waals surface area contributed by atoms with Crippen molar-refractivity contribution in [1.82, 2.24) is 0 Å². The Bertz CT molecular complexity index is 264. The van der Waals surface area contributed by atoms with Gasteiger partial charge in [0.1, 0.15) is 0 Å². The molecular formula is C12H20N2O3. The zero-order valence-corrected chi connectivity index (χ0v) is 10.3. The lowest BCUT2D eigenvalue weighted by Gasteiger charge is -2.33. The van der Waals surface area contributed by atoms with E-state index in [1.54, 1.807) is 19.1 Å². The van der Waals surface area contributed by atoms with Crippen molar-refractivity contribution in [1.29, 1.82) is 0 Å². The second-order valence-corrected chi connectivity index (χ2v) is 4.19. The molecule has 5 heteroatoms. The van der Waals surface area contributed by atoms with Crippen LogP contribution in [0.15, 0.2) is 9.98 Å².